The second-order valence-electron chi connectivity index (χ2n) is 6.70. The number of benzene rings is 1. The predicted molar refractivity (Wildman–Crippen MR) is 88.6 cm³/mol. The number of aryl methyl sites for hydroxylation is 1. The van der Waals surface area contributed by atoms with E-state index in [1.807, 2.05) is 31.2 Å². The molecule has 2 amide bonds. The van der Waals surface area contributed by atoms with E-state index in [4.69, 9.17) is 5.11 Å². The van der Waals surface area contributed by atoms with Crippen molar-refractivity contribution < 1.29 is 19.5 Å². The summed E-state index contributed by atoms with van der Waals surface area (Å²) in [7, 11) is 0. The van der Waals surface area contributed by atoms with Crippen LogP contribution in [0.25, 0.3) is 0 Å². The smallest absolute Gasteiger partial charge is 0.308 e. The maximum absolute atomic E-state index is 12.7. The van der Waals surface area contributed by atoms with Gasteiger partial charge in [-0.3, -0.25) is 14.4 Å². The van der Waals surface area contributed by atoms with E-state index < -0.39 is 11.9 Å². The third-order valence-corrected chi connectivity index (χ3v) is 4.90. The molecule has 1 aromatic rings. The monoisotopic (exact) mass is 330 g/mol. The summed E-state index contributed by atoms with van der Waals surface area (Å²) in [4.78, 5) is 39.4. The van der Waals surface area contributed by atoms with Crippen LogP contribution in [0.1, 0.15) is 24.8 Å². The van der Waals surface area contributed by atoms with Crippen LogP contribution in [-0.4, -0.2) is 47.4 Å². The van der Waals surface area contributed by atoms with Gasteiger partial charge in [0, 0.05) is 31.7 Å². The number of piperidine rings is 1. The van der Waals surface area contributed by atoms with Crippen LogP contribution in [0, 0.1) is 18.8 Å². The van der Waals surface area contributed by atoms with E-state index in [0.717, 1.165) is 11.3 Å². The van der Waals surface area contributed by atoms with Crippen molar-refractivity contribution in [2.75, 3.05) is 24.5 Å². The number of nitrogens with zero attached hydrogens (tertiary/aromatic N) is 2. The summed E-state index contributed by atoms with van der Waals surface area (Å²) in [5.41, 5.74) is 1.93. The molecule has 24 heavy (non-hydrogen) atoms. The first-order chi connectivity index (χ1) is 11.5. The third-order valence-electron chi connectivity index (χ3n) is 4.90. The highest BCUT2D eigenvalue weighted by Gasteiger charge is 2.39. The van der Waals surface area contributed by atoms with Crippen molar-refractivity contribution in [3.05, 3.63) is 29.8 Å². The zero-order chi connectivity index (χ0) is 17.3. The number of carboxylic acids is 1. The number of carbonyl (C=O) groups is 3. The lowest BCUT2D eigenvalue weighted by Gasteiger charge is -2.32. The third kappa shape index (κ3) is 3.27. The maximum Gasteiger partial charge on any atom is 0.308 e. The van der Waals surface area contributed by atoms with Crippen LogP contribution in [0.15, 0.2) is 24.3 Å². The number of aliphatic carboxylic acids is 1. The van der Waals surface area contributed by atoms with Crippen molar-refractivity contribution >= 4 is 23.5 Å². The SMILES string of the molecule is Cc1ccc(N2CC(C(=O)N3CCC[C@H](C(=O)O)C3)CC2=O)cc1. The number of amides is 2. The number of anilines is 1. The second kappa shape index (κ2) is 6.63. The zero-order valence-electron chi connectivity index (χ0n) is 13.8. The fourth-order valence-corrected chi connectivity index (χ4v) is 3.48. The Labute approximate surface area is 141 Å². The molecule has 3 rings (SSSR count). The molecule has 0 saturated carbocycles. The van der Waals surface area contributed by atoms with E-state index in [1.165, 1.54) is 0 Å². The van der Waals surface area contributed by atoms with Crippen LogP contribution >= 0.6 is 0 Å². The topological polar surface area (TPSA) is 77.9 Å². The molecule has 2 saturated heterocycles. The van der Waals surface area contributed by atoms with Crippen molar-refractivity contribution in [1.82, 2.24) is 4.90 Å². The fraction of sp³-hybridized carbons (Fsp3) is 0.500. The largest absolute Gasteiger partial charge is 0.481 e. The van der Waals surface area contributed by atoms with Gasteiger partial charge in [-0.1, -0.05) is 17.7 Å². The molecule has 2 atom stereocenters. The van der Waals surface area contributed by atoms with Gasteiger partial charge in [-0.15, -0.1) is 0 Å². The van der Waals surface area contributed by atoms with Crippen LogP contribution in [0.2, 0.25) is 0 Å². The lowest BCUT2D eigenvalue weighted by atomic mass is 9.96. The van der Waals surface area contributed by atoms with E-state index in [0.29, 0.717) is 25.9 Å². The van der Waals surface area contributed by atoms with Gasteiger partial charge < -0.3 is 14.9 Å². The number of carboxylic acid groups (broad SMARTS) is 1. The first kappa shape index (κ1) is 16.5. The van der Waals surface area contributed by atoms with Gasteiger partial charge in [0.15, 0.2) is 0 Å². The van der Waals surface area contributed by atoms with E-state index in [9.17, 15) is 14.4 Å². The molecule has 0 aliphatic carbocycles. The van der Waals surface area contributed by atoms with Crippen molar-refractivity contribution in [2.24, 2.45) is 11.8 Å². The van der Waals surface area contributed by atoms with Gasteiger partial charge in [0.25, 0.3) is 0 Å². The average Bonchev–Trinajstić information content (AvgIpc) is 2.97. The van der Waals surface area contributed by atoms with Gasteiger partial charge in [0.2, 0.25) is 11.8 Å². The summed E-state index contributed by atoms with van der Waals surface area (Å²) in [5.74, 6) is -1.87. The Morgan fingerprint density at radius 1 is 1.12 bits per heavy atom. The standard InChI is InChI=1S/C18H22N2O4/c1-12-4-6-15(7-5-12)20-11-14(9-16(20)21)17(22)19-8-2-3-13(10-19)18(23)24/h4-7,13-14H,2-3,8-11H2,1H3,(H,23,24)/t13-,14?/m0/s1. The number of hydrogen-bond donors (Lipinski definition) is 1. The minimum atomic E-state index is -0.851. The Kier molecular flexibility index (Phi) is 4.55. The fourth-order valence-electron chi connectivity index (χ4n) is 3.48. The van der Waals surface area contributed by atoms with Crippen LogP contribution < -0.4 is 4.90 Å². The highest BCUT2D eigenvalue weighted by molar-refractivity contribution is 6.00. The molecule has 128 valence electrons. The molecule has 2 heterocycles. The summed E-state index contributed by atoms with van der Waals surface area (Å²) < 4.78 is 0. The molecule has 1 aromatic carbocycles. The molecule has 6 nitrogen and oxygen atoms in total. The summed E-state index contributed by atoms with van der Waals surface area (Å²) in [6.45, 7) is 3.19. The normalized spacial score (nSPS) is 24.3. The number of hydrogen-bond acceptors (Lipinski definition) is 3. The van der Waals surface area contributed by atoms with Gasteiger partial charge in [-0.05, 0) is 31.9 Å². The van der Waals surface area contributed by atoms with Crippen molar-refractivity contribution in [3.8, 4) is 0 Å². The van der Waals surface area contributed by atoms with Crippen LogP contribution in [0.4, 0.5) is 5.69 Å². The van der Waals surface area contributed by atoms with E-state index in [2.05, 4.69) is 0 Å². The molecule has 2 aliphatic heterocycles. The first-order valence-corrected chi connectivity index (χ1v) is 8.34. The minimum absolute atomic E-state index is 0.0519. The molecule has 2 fully saturated rings. The molecule has 1 N–H and O–H groups in total. The highest BCUT2D eigenvalue weighted by atomic mass is 16.4. The Morgan fingerprint density at radius 2 is 1.83 bits per heavy atom. The highest BCUT2D eigenvalue weighted by Crippen LogP contribution is 2.28. The molecule has 0 radical (unpaired) electrons. The second-order valence-corrected chi connectivity index (χ2v) is 6.70. The van der Waals surface area contributed by atoms with Gasteiger partial charge >= 0.3 is 5.97 Å². The van der Waals surface area contributed by atoms with Crippen molar-refractivity contribution in [3.63, 3.8) is 0 Å². The predicted octanol–water partition coefficient (Wildman–Crippen LogP) is 1.67. The molecule has 1 unspecified atom stereocenters. The molecule has 0 bridgehead atoms. The number of rotatable bonds is 3. The molecular formula is C18H22N2O4. The molecule has 6 heteroatoms. The lowest BCUT2D eigenvalue weighted by Crippen LogP contribution is -2.45. The number of likely N-dealkylation sites (tertiary alicyclic amines) is 1. The van der Waals surface area contributed by atoms with Gasteiger partial charge in [-0.2, -0.15) is 0 Å². The molecular weight excluding hydrogens is 308 g/mol. The summed E-state index contributed by atoms with van der Waals surface area (Å²) in [6, 6.07) is 7.67. The van der Waals surface area contributed by atoms with Gasteiger partial charge in [0.05, 0.1) is 11.8 Å². The van der Waals surface area contributed by atoms with E-state index >= 15 is 0 Å². The Bertz CT molecular complexity index is 655. The lowest BCUT2D eigenvalue weighted by molar-refractivity contribution is -0.146. The van der Waals surface area contributed by atoms with E-state index in [-0.39, 0.29) is 30.7 Å². The molecule has 0 aromatic heterocycles. The van der Waals surface area contributed by atoms with Crippen LogP contribution in [0.5, 0.6) is 0 Å². The van der Waals surface area contributed by atoms with Gasteiger partial charge in [-0.25, -0.2) is 0 Å². The number of carbonyl (C=O) groups excluding carboxylic acids is 2. The minimum Gasteiger partial charge on any atom is -0.481 e. The molecule has 2 aliphatic rings. The maximum atomic E-state index is 12.7. The summed E-state index contributed by atoms with van der Waals surface area (Å²) in [6.07, 6.45) is 1.50. The summed E-state index contributed by atoms with van der Waals surface area (Å²) >= 11 is 0. The first-order valence-electron chi connectivity index (χ1n) is 8.34. The van der Waals surface area contributed by atoms with Gasteiger partial charge in [0.1, 0.15) is 0 Å². The van der Waals surface area contributed by atoms with Crippen LogP contribution in [0.3, 0.4) is 0 Å². The Balaban J connectivity index is 1.67. The average molecular weight is 330 g/mol. The summed E-state index contributed by atoms with van der Waals surface area (Å²) in [5, 5.41) is 9.16. The van der Waals surface area contributed by atoms with Crippen molar-refractivity contribution in [2.45, 2.75) is 26.2 Å². The van der Waals surface area contributed by atoms with Crippen LogP contribution in [-0.2, 0) is 14.4 Å². The molecule has 0 spiro atoms. The zero-order valence-corrected chi connectivity index (χ0v) is 13.8. The van der Waals surface area contributed by atoms with E-state index in [1.54, 1.807) is 9.80 Å². The quantitative estimate of drug-likeness (QED) is 0.914. The van der Waals surface area contributed by atoms with Crippen molar-refractivity contribution in [1.29, 1.82) is 0 Å². The Hall–Kier alpha value is -2.37. The Morgan fingerprint density at radius 3 is 2.50 bits per heavy atom.